The van der Waals surface area contributed by atoms with E-state index in [2.05, 4.69) is 5.32 Å². The molecule has 0 fully saturated rings. The van der Waals surface area contributed by atoms with Crippen molar-refractivity contribution in [2.45, 2.75) is 13.5 Å². The van der Waals surface area contributed by atoms with Gasteiger partial charge in [-0.25, -0.2) is 9.59 Å². The third-order valence-electron chi connectivity index (χ3n) is 3.46. The molecule has 0 unspecified atom stereocenters. The van der Waals surface area contributed by atoms with Crippen molar-refractivity contribution in [3.05, 3.63) is 71.3 Å². The standard InChI is InChI=1S/C20H22N2O4/c1-2-25-19(23)17-13-15(10-11-18(17)21)9-6-12-22-20(24)26-14-16-7-4-3-5-8-16/h3-11,13H,2,12,14,21H2,1H3,(H,22,24). The molecule has 0 aliphatic heterocycles. The van der Waals surface area contributed by atoms with Crippen LogP contribution in [-0.4, -0.2) is 25.2 Å². The van der Waals surface area contributed by atoms with Gasteiger partial charge < -0.3 is 20.5 Å². The number of rotatable bonds is 7. The number of carbonyl (C=O) groups excluding carboxylic acids is 2. The molecule has 2 rings (SSSR count). The summed E-state index contributed by atoms with van der Waals surface area (Å²) in [5.41, 5.74) is 8.19. The Hall–Kier alpha value is -3.28. The lowest BCUT2D eigenvalue weighted by Gasteiger charge is -2.06. The zero-order valence-corrected chi connectivity index (χ0v) is 14.6. The maximum Gasteiger partial charge on any atom is 0.407 e. The Morgan fingerprint density at radius 2 is 1.88 bits per heavy atom. The molecule has 0 saturated heterocycles. The van der Waals surface area contributed by atoms with Crippen molar-refractivity contribution in [3.63, 3.8) is 0 Å². The molecule has 136 valence electrons. The van der Waals surface area contributed by atoms with Gasteiger partial charge in [0.25, 0.3) is 0 Å². The van der Waals surface area contributed by atoms with Crippen molar-refractivity contribution in [1.29, 1.82) is 0 Å². The molecule has 0 radical (unpaired) electrons. The van der Waals surface area contributed by atoms with E-state index in [4.69, 9.17) is 15.2 Å². The van der Waals surface area contributed by atoms with Crippen molar-refractivity contribution in [3.8, 4) is 0 Å². The lowest BCUT2D eigenvalue weighted by molar-refractivity contribution is 0.0527. The van der Waals surface area contributed by atoms with Crippen molar-refractivity contribution in [2.24, 2.45) is 0 Å². The van der Waals surface area contributed by atoms with Gasteiger partial charge in [0.1, 0.15) is 6.61 Å². The quantitative estimate of drug-likeness (QED) is 0.587. The van der Waals surface area contributed by atoms with Crippen molar-refractivity contribution in [2.75, 3.05) is 18.9 Å². The minimum atomic E-state index is -0.497. The van der Waals surface area contributed by atoms with Crippen LogP contribution in [0.3, 0.4) is 0 Å². The van der Waals surface area contributed by atoms with E-state index in [1.807, 2.05) is 30.3 Å². The summed E-state index contributed by atoms with van der Waals surface area (Å²) < 4.78 is 10.1. The predicted octanol–water partition coefficient (Wildman–Crippen LogP) is 3.39. The number of ether oxygens (including phenoxy) is 2. The van der Waals surface area contributed by atoms with Gasteiger partial charge in [0.05, 0.1) is 12.2 Å². The van der Waals surface area contributed by atoms with E-state index >= 15 is 0 Å². The van der Waals surface area contributed by atoms with Crippen LogP contribution in [0.15, 0.2) is 54.6 Å². The van der Waals surface area contributed by atoms with Gasteiger partial charge in [-0.05, 0) is 30.2 Å². The number of benzene rings is 2. The monoisotopic (exact) mass is 354 g/mol. The highest BCUT2D eigenvalue weighted by atomic mass is 16.5. The fourth-order valence-corrected chi connectivity index (χ4v) is 2.17. The van der Waals surface area contributed by atoms with Crippen LogP contribution in [0, 0.1) is 0 Å². The number of amides is 1. The number of alkyl carbamates (subject to hydrolysis) is 1. The van der Waals surface area contributed by atoms with Crippen LogP contribution in [0.5, 0.6) is 0 Å². The average molecular weight is 354 g/mol. The van der Waals surface area contributed by atoms with E-state index in [0.29, 0.717) is 17.8 Å². The molecule has 0 aliphatic rings. The van der Waals surface area contributed by atoms with E-state index in [1.165, 1.54) is 0 Å². The highest BCUT2D eigenvalue weighted by Gasteiger charge is 2.10. The van der Waals surface area contributed by atoms with Crippen LogP contribution >= 0.6 is 0 Å². The fourth-order valence-electron chi connectivity index (χ4n) is 2.17. The fraction of sp³-hybridized carbons (Fsp3) is 0.200. The van der Waals surface area contributed by atoms with Crippen molar-refractivity contribution in [1.82, 2.24) is 5.32 Å². The molecule has 26 heavy (non-hydrogen) atoms. The summed E-state index contributed by atoms with van der Waals surface area (Å²) in [5.74, 6) is -0.456. The lowest BCUT2D eigenvalue weighted by atomic mass is 10.1. The molecule has 0 atom stereocenters. The predicted molar refractivity (Wildman–Crippen MR) is 100 cm³/mol. The zero-order chi connectivity index (χ0) is 18.8. The number of esters is 1. The third kappa shape index (κ3) is 5.98. The molecule has 0 spiro atoms. The summed E-state index contributed by atoms with van der Waals surface area (Å²) in [6, 6.07) is 14.5. The van der Waals surface area contributed by atoms with E-state index in [0.717, 1.165) is 11.1 Å². The van der Waals surface area contributed by atoms with Gasteiger partial charge in [-0.3, -0.25) is 0 Å². The molecule has 0 heterocycles. The minimum Gasteiger partial charge on any atom is -0.462 e. The first-order valence-corrected chi connectivity index (χ1v) is 8.28. The highest BCUT2D eigenvalue weighted by Crippen LogP contribution is 2.16. The molecule has 6 heteroatoms. The SMILES string of the molecule is CCOC(=O)c1cc(C=CCNC(=O)OCc2ccccc2)ccc1N. The largest absolute Gasteiger partial charge is 0.462 e. The van der Waals surface area contributed by atoms with Gasteiger partial charge in [0, 0.05) is 12.2 Å². The second-order valence-electron chi connectivity index (χ2n) is 5.41. The summed E-state index contributed by atoms with van der Waals surface area (Å²) >= 11 is 0. The second kappa shape index (κ2) is 9.88. The molecule has 1 amide bonds. The Morgan fingerprint density at radius 3 is 2.62 bits per heavy atom. The Balaban J connectivity index is 1.81. The molecule has 6 nitrogen and oxygen atoms in total. The molecular weight excluding hydrogens is 332 g/mol. The molecule has 0 aliphatic carbocycles. The molecule has 3 N–H and O–H groups in total. The average Bonchev–Trinajstić information content (AvgIpc) is 2.65. The first-order chi connectivity index (χ1) is 12.6. The van der Waals surface area contributed by atoms with Gasteiger partial charge in [-0.15, -0.1) is 0 Å². The first-order valence-electron chi connectivity index (χ1n) is 8.28. The minimum absolute atomic E-state index is 0.219. The van der Waals surface area contributed by atoms with Crippen molar-refractivity contribution < 1.29 is 19.1 Å². The first kappa shape index (κ1) is 19.1. The topological polar surface area (TPSA) is 90.6 Å². The number of hydrogen-bond donors (Lipinski definition) is 2. The van der Waals surface area contributed by atoms with E-state index in [-0.39, 0.29) is 13.2 Å². The molecule has 2 aromatic rings. The van der Waals surface area contributed by atoms with Gasteiger partial charge >= 0.3 is 12.1 Å². The Bertz CT molecular complexity index is 773. The number of anilines is 1. The molecule has 2 aromatic carbocycles. The maximum absolute atomic E-state index is 11.8. The van der Waals surface area contributed by atoms with Crippen LogP contribution in [0.25, 0.3) is 6.08 Å². The van der Waals surface area contributed by atoms with Gasteiger partial charge in [-0.2, -0.15) is 0 Å². The van der Waals surface area contributed by atoms with Gasteiger partial charge in [-0.1, -0.05) is 48.6 Å². The van der Waals surface area contributed by atoms with Crippen LogP contribution in [0.4, 0.5) is 10.5 Å². The molecule has 0 saturated carbocycles. The van der Waals surface area contributed by atoms with Crippen LogP contribution in [0.2, 0.25) is 0 Å². The van der Waals surface area contributed by atoms with Crippen LogP contribution < -0.4 is 11.1 Å². The number of nitrogen functional groups attached to an aromatic ring is 1. The van der Waals surface area contributed by atoms with Crippen molar-refractivity contribution >= 4 is 23.8 Å². The Labute approximate surface area is 152 Å². The van der Waals surface area contributed by atoms with E-state index in [9.17, 15) is 9.59 Å². The van der Waals surface area contributed by atoms with E-state index < -0.39 is 12.1 Å². The number of carbonyl (C=O) groups is 2. The van der Waals surface area contributed by atoms with Gasteiger partial charge in [0.15, 0.2) is 0 Å². The second-order valence-corrected chi connectivity index (χ2v) is 5.41. The molecular formula is C20H22N2O4. The van der Waals surface area contributed by atoms with Gasteiger partial charge in [0.2, 0.25) is 0 Å². The summed E-state index contributed by atoms with van der Waals surface area (Å²) in [6.45, 7) is 2.54. The summed E-state index contributed by atoms with van der Waals surface area (Å²) in [6.07, 6.45) is 3.03. The molecule has 0 bridgehead atoms. The Morgan fingerprint density at radius 1 is 1.12 bits per heavy atom. The van der Waals surface area contributed by atoms with Crippen LogP contribution in [0.1, 0.15) is 28.4 Å². The number of hydrogen-bond acceptors (Lipinski definition) is 5. The number of nitrogens with two attached hydrogens (primary N) is 1. The highest BCUT2D eigenvalue weighted by molar-refractivity contribution is 5.95. The number of nitrogens with one attached hydrogen (secondary N) is 1. The molecule has 0 aromatic heterocycles. The normalized spacial score (nSPS) is 10.5. The smallest absolute Gasteiger partial charge is 0.407 e. The summed E-state index contributed by atoms with van der Waals surface area (Å²) in [5, 5.41) is 2.63. The summed E-state index contributed by atoms with van der Waals surface area (Å²) in [4.78, 5) is 23.5. The Kier molecular flexibility index (Phi) is 7.24. The maximum atomic E-state index is 11.8. The lowest BCUT2D eigenvalue weighted by Crippen LogP contribution is -2.24. The third-order valence-corrected chi connectivity index (χ3v) is 3.46. The zero-order valence-electron chi connectivity index (χ0n) is 14.6. The summed E-state index contributed by atoms with van der Waals surface area (Å²) in [7, 11) is 0. The van der Waals surface area contributed by atoms with E-state index in [1.54, 1.807) is 37.3 Å². The van der Waals surface area contributed by atoms with Crippen LogP contribution in [-0.2, 0) is 16.1 Å².